The molecule has 1 aliphatic rings. The number of carbonyl (C=O) groups is 1. The number of benzene rings is 2. The summed E-state index contributed by atoms with van der Waals surface area (Å²) in [4.78, 5) is 19.8. The van der Waals surface area contributed by atoms with E-state index in [2.05, 4.69) is 4.72 Å². The molecule has 29 heavy (non-hydrogen) atoms. The van der Waals surface area contributed by atoms with Crippen LogP contribution in [0.5, 0.6) is 0 Å². The Morgan fingerprint density at radius 3 is 2.48 bits per heavy atom. The van der Waals surface area contributed by atoms with Crippen molar-refractivity contribution in [3.8, 4) is 11.4 Å². The molecule has 8 heteroatoms. The molecule has 2 aromatic carbocycles. The van der Waals surface area contributed by atoms with Crippen LogP contribution in [0.15, 0.2) is 42.5 Å². The molecule has 0 unspecified atom stereocenters. The molecular formula is C21H24N4O3S. The maximum Gasteiger partial charge on any atom is 0.256 e. The van der Waals surface area contributed by atoms with Gasteiger partial charge in [0.2, 0.25) is 10.0 Å². The van der Waals surface area contributed by atoms with E-state index in [1.165, 1.54) is 0 Å². The van der Waals surface area contributed by atoms with Gasteiger partial charge >= 0.3 is 0 Å². The van der Waals surface area contributed by atoms with Crippen LogP contribution in [0.3, 0.4) is 0 Å². The fourth-order valence-corrected chi connectivity index (χ4v) is 4.38. The monoisotopic (exact) mass is 412 g/mol. The third kappa shape index (κ3) is 3.72. The lowest BCUT2D eigenvalue weighted by molar-refractivity contribution is 0.0794. The van der Waals surface area contributed by atoms with Crippen molar-refractivity contribution in [1.29, 1.82) is 0 Å². The molecule has 3 aromatic rings. The third-order valence-electron chi connectivity index (χ3n) is 5.28. The van der Waals surface area contributed by atoms with Crippen molar-refractivity contribution < 1.29 is 13.2 Å². The molecule has 2 heterocycles. The third-order valence-corrected chi connectivity index (χ3v) is 6.59. The highest BCUT2D eigenvalue weighted by molar-refractivity contribution is 7.92. The minimum atomic E-state index is -3.47. The van der Waals surface area contributed by atoms with E-state index in [0.717, 1.165) is 24.2 Å². The molecule has 1 N–H and O–H groups in total. The van der Waals surface area contributed by atoms with Gasteiger partial charge in [0.05, 0.1) is 28.0 Å². The van der Waals surface area contributed by atoms with Gasteiger partial charge in [0.25, 0.3) is 5.91 Å². The van der Waals surface area contributed by atoms with Gasteiger partial charge in [-0.05, 0) is 31.9 Å². The molecule has 1 fully saturated rings. The zero-order chi connectivity index (χ0) is 20.6. The van der Waals surface area contributed by atoms with Crippen molar-refractivity contribution in [2.24, 2.45) is 7.05 Å². The van der Waals surface area contributed by atoms with Gasteiger partial charge in [-0.3, -0.25) is 9.52 Å². The Bertz CT molecular complexity index is 1160. The quantitative estimate of drug-likeness (QED) is 0.697. The Labute approximate surface area is 170 Å². The predicted octanol–water partition coefficient (Wildman–Crippen LogP) is 3.24. The highest BCUT2D eigenvalue weighted by Gasteiger charge is 2.25. The number of nitrogens with zero attached hydrogens (tertiary/aromatic N) is 3. The number of imidazole rings is 1. The lowest BCUT2D eigenvalue weighted by Gasteiger charge is -2.17. The molecule has 1 aromatic heterocycles. The number of aryl methyl sites for hydroxylation is 1. The molecule has 7 nitrogen and oxygen atoms in total. The molecule has 4 rings (SSSR count). The van der Waals surface area contributed by atoms with E-state index in [9.17, 15) is 13.2 Å². The molecule has 1 saturated heterocycles. The van der Waals surface area contributed by atoms with Crippen LogP contribution in [0.1, 0.15) is 30.1 Å². The first-order valence-electron chi connectivity index (χ1n) is 9.75. The zero-order valence-corrected chi connectivity index (χ0v) is 17.4. The van der Waals surface area contributed by atoms with Crippen LogP contribution in [0, 0.1) is 0 Å². The maximum absolute atomic E-state index is 13.3. The van der Waals surface area contributed by atoms with Crippen LogP contribution >= 0.6 is 0 Å². The minimum absolute atomic E-state index is 0.0437. The number of hydrogen-bond acceptors (Lipinski definition) is 4. The molecule has 0 radical (unpaired) electrons. The summed E-state index contributed by atoms with van der Waals surface area (Å²) in [5, 5.41) is 0. The summed E-state index contributed by atoms with van der Waals surface area (Å²) >= 11 is 0. The second-order valence-corrected chi connectivity index (χ2v) is 9.27. The number of aromatic nitrogens is 2. The number of nitrogens with one attached hydrogen (secondary N) is 1. The van der Waals surface area contributed by atoms with Crippen LogP contribution < -0.4 is 4.72 Å². The van der Waals surface area contributed by atoms with Crippen molar-refractivity contribution >= 4 is 32.7 Å². The number of anilines is 1. The normalized spacial score (nSPS) is 14.5. The van der Waals surface area contributed by atoms with Crippen LogP contribution in [0.4, 0.5) is 5.69 Å². The molecule has 0 saturated carbocycles. The van der Waals surface area contributed by atoms with Crippen LogP contribution in [-0.4, -0.2) is 47.6 Å². The topological polar surface area (TPSA) is 84.3 Å². The molecule has 1 aliphatic heterocycles. The van der Waals surface area contributed by atoms with E-state index in [1.807, 2.05) is 46.8 Å². The maximum atomic E-state index is 13.3. The number of fused-ring (bicyclic) bond motifs is 1. The van der Waals surface area contributed by atoms with Gasteiger partial charge in [-0.1, -0.05) is 30.3 Å². The molecular weight excluding hydrogens is 388 g/mol. The Morgan fingerprint density at radius 1 is 1.14 bits per heavy atom. The van der Waals surface area contributed by atoms with Crippen molar-refractivity contribution in [3.63, 3.8) is 0 Å². The van der Waals surface area contributed by atoms with Crippen molar-refractivity contribution in [1.82, 2.24) is 14.5 Å². The fraction of sp³-hybridized carbons (Fsp3) is 0.333. The first-order valence-corrected chi connectivity index (χ1v) is 11.4. The first kappa shape index (κ1) is 19.4. The Morgan fingerprint density at radius 2 is 1.83 bits per heavy atom. The van der Waals surface area contributed by atoms with Crippen molar-refractivity contribution in [2.45, 2.75) is 19.8 Å². The number of rotatable bonds is 5. The molecule has 1 amide bonds. The highest BCUT2D eigenvalue weighted by atomic mass is 32.2. The zero-order valence-electron chi connectivity index (χ0n) is 16.6. The van der Waals surface area contributed by atoms with Gasteiger partial charge in [0.1, 0.15) is 5.82 Å². The van der Waals surface area contributed by atoms with Gasteiger partial charge in [0.15, 0.2) is 0 Å². The minimum Gasteiger partial charge on any atom is -0.339 e. The SMILES string of the molecule is CCS(=O)(=O)Nc1cc(C(=O)N2CCCC2)c2c(c1)nc(-c1ccccc1)n2C. The van der Waals surface area contributed by atoms with Crippen LogP contribution in [-0.2, 0) is 17.1 Å². The fourth-order valence-electron chi connectivity index (χ4n) is 3.76. The summed E-state index contributed by atoms with van der Waals surface area (Å²) in [7, 11) is -1.58. The summed E-state index contributed by atoms with van der Waals surface area (Å²) < 4.78 is 28.7. The van der Waals surface area contributed by atoms with Gasteiger partial charge in [-0.2, -0.15) is 0 Å². The van der Waals surface area contributed by atoms with Crippen LogP contribution in [0.25, 0.3) is 22.4 Å². The number of amides is 1. The van der Waals surface area contributed by atoms with Crippen LogP contribution in [0.2, 0.25) is 0 Å². The van der Waals surface area contributed by atoms with E-state index in [4.69, 9.17) is 4.98 Å². The highest BCUT2D eigenvalue weighted by Crippen LogP contribution is 2.30. The molecule has 0 spiro atoms. The number of carbonyl (C=O) groups excluding carboxylic acids is 1. The summed E-state index contributed by atoms with van der Waals surface area (Å²) in [6.07, 6.45) is 1.97. The van der Waals surface area contributed by atoms with Crippen molar-refractivity contribution in [2.75, 3.05) is 23.6 Å². The Kier molecular flexibility index (Phi) is 5.04. The molecule has 152 valence electrons. The largest absolute Gasteiger partial charge is 0.339 e. The standard InChI is InChI=1S/C21H24N4O3S/c1-3-29(27,28)23-16-13-17(21(26)25-11-7-8-12-25)19-18(14-16)22-20(24(19)2)15-9-5-4-6-10-15/h4-6,9-10,13-14,23H,3,7-8,11-12H2,1-2H3. The Hall–Kier alpha value is -2.87. The molecule has 0 aliphatic carbocycles. The summed E-state index contributed by atoms with van der Waals surface area (Å²) in [6, 6.07) is 13.1. The van der Waals surface area contributed by atoms with Gasteiger partial charge < -0.3 is 9.47 Å². The number of hydrogen-bond donors (Lipinski definition) is 1. The smallest absolute Gasteiger partial charge is 0.256 e. The average molecular weight is 413 g/mol. The van der Waals surface area contributed by atoms with E-state index >= 15 is 0 Å². The molecule has 0 bridgehead atoms. The van der Waals surface area contributed by atoms with Gasteiger partial charge in [-0.15, -0.1) is 0 Å². The van der Waals surface area contributed by atoms with E-state index < -0.39 is 10.0 Å². The number of sulfonamides is 1. The second kappa shape index (κ2) is 7.51. The van der Waals surface area contributed by atoms with E-state index in [1.54, 1.807) is 19.1 Å². The summed E-state index contributed by atoms with van der Waals surface area (Å²) in [6.45, 7) is 3.01. The summed E-state index contributed by atoms with van der Waals surface area (Å²) in [5.41, 5.74) is 3.06. The predicted molar refractivity (Wildman–Crippen MR) is 114 cm³/mol. The number of likely N-dealkylation sites (tertiary alicyclic amines) is 1. The van der Waals surface area contributed by atoms with Crippen molar-refractivity contribution in [3.05, 3.63) is 48.0 Å². The average Bonchev–Trinajstić information content (AvgIpc) is 3.36. The Balaban J connectivity index is 1.91. The molecule has 0 atom stereocenters. The van der Waals surface area contributed by atoms with E-state index in [-0.39, 0.29) is 11.7 Å². The van der Waals surface area contributed by atoms with E-state index in [0.29, 0.717) is 35.4 Å². The van der Waals surface area contributed by atoms with Gasteiger partial charge in [-0.25, -0.2) is 13.4 Å². The first-order chi connectivity index (χ1) is 13.9. The lowest BCUT2D eigenvalue weighted by atomic mass is 10.1. The second-order valence-electron chi connectivity index (χ2n) is 7.26. The summed E-state index contributed by atoms with van der Waals surface area (Å²) in [5.74, 6) is 0.594. The van der Waals surface area contributed by atoms with Gasteiger partial charge in [0, 0.05) is 25.7 Å². The lowest BCUT2D eigenvalue weighted by Crippen LogP contribution is -2.28.